The normalized spacial score (nSPS) is 13.2. The Labute approximate surface area is 197 Å². The number of benzene rings is 2. The van der Waals surface area contributed by atoms with Crippen LogP contribution in [0.15, 0.2) is 65.8 Å². The van der Waals surface area contributed by atoms with Crippen LogP contribution in [0, 0.1) is 0 Å². The summed E-state index contributed by atoms with van der Waals surface area (Å²) in [7, 11) is 0. The SMILES string of the molecule is CCOC(=O)/C=C/c1ccc(NC(=O)CSc2nnc(C3CC3)n2Cc2ccccc2)cc1. The molecule has 0 unspecified atom stereocenters. The molecule has 1 aliphatic carbocycles. The van der Waals surface area contributed by atoms with E-state index >= 15 is 0 Å². The van der Waals surface area contributed by atoms with Gasteiger partial charge in [0.05, 0.1) is 18.9 Å². The maximum atomic E-state index is 12.5. The van der Waals surface area contributed by atoms with Crippen molar-refractivity contribution in [3.05, 3.63) is 77.6 Å². The minimum atomic E-state index is -0.378. The number of hydrogen-bond acceptors (Lipinski definition) is 6. The summed E-state index contributed by atoms with van der Waals surface area (Å²) in [6.45, 7) is 2.81. The molecular formula is C25H26N4O3S. The van der Waals surface area contributed by atoms with E-state index in [0.717, 1.165) is 29.4 Å². The van der Waals surface area contributed by atoms with E-state index in [4.69, 9.17) is 4.74 Å². The smallest absolute Gasteiger partial charge is 0.330 e. The van der Waals surface area contributed by atoms with Gasteiger partial charge in [0.15, 0.2) is 5.16 Å². The van der Waals surface area contributed by atoms with Crippen molar-refractivity contribution in [2.45, 2.75) is 37.4 Å². The molecule has 1 aliphatic rings. The van der Waals surface area contributed by atoms with Crippen molar-refractivity contribution >= 4 is 35.4 Å². The lowest BCUT2D eigenvalue weighted by atomic mass is 10.2. The number of aromatic nitrogens is 3. The van der Waals surface area contributed by atoms with Crippen LogP contribution in [0.5, 0.6) is 0 Å². The van der Waals surface area contributed by atoms with Crippen molar-refractivity contribution in [3.63, 3.8) is 0 Å². The fraction of sp³-hybridized carbons (Fsp3) is 0.280. The molecule has 170 valence electrons. The molecule has 0 aliphatic heterocycles. The van der Waals surface area contributed by atoms with E-state index in [2.05, 4.69) is 32.2 Å². The molecule has 0 radical (unpaired) electrons. The molecule has 1 amide bonds. The molecule has 3 aromatic rings. The fourth-order valence-corrected chi connectivity index (χ4v) is 4.07. The minimum Gasteiger partial charge on any atom is -0.463 e. The zero-order valence-electron chi connectivity index (χ0n) is 18.4. The van der Waals surface area contributed by atoms with Crippen molar-refractivity contribution in [3.8, 4) is 0 Å². The first-order valence-corrected chi connectivity index (χ1v) is 12.0. The number of nitrogens with zero attached hydrogens (tertiary/aromatic N) is 3. The maximum absolute atomic E-state index is 12.5. The third kappa shape index (κ3) is 6.55. The van der Waals surface area contributed by atoms with Gasteiger partial charge in [0.2, 0.25) is 5.91 Å². The lowest BCUT2D eigenvalue weighted by molar-refractivity contribution is -0.137. The Morgan fingerprint density at radius 2 is 1.88 bits per heavy atom. The van der Waals surface area contributed by atoms with E-state index in [1.165, 1.54) is 23.4 Å². The van der Waals surface area contributed by atoms with E-state index in [1.54, 1.807) is 25.1 Å². The van der Waals surface area contributed by atoms with Gasteiger partial charge in [0.1, 0.15) is 5.82 Å². The summed E-state index contributed by atoms with van der Waals surface area (Å²) in [6, 6.07) is 17.5. The lowest BCUT2D eigenvalue weighted by Gasteiger charge is -2.10. The van der Waals surface area contributed by atoms with Gasteiger partial charge in [-0.3, -0.25) is 4.79 Å². The predicted octanol–water partition coefficient (Wildman–Crippen LogP) is 4.51. The van der Waals surface area contributed by atoms with Crippen LogP contribution in [0.4, 0.5) is 5.69 Å². The second-order valence-electron chi connectivity index (χ2n) is 7.73. The Balaban J connectivity index is 1.34. The molecule has 2 aromatic carbocycles. The van der Waals surface area contributed by atoms with Gasteiger partial charge >= 0.3 is 5.97 Å². The highest BCUT2D eigenvalue weighted by atomic mass is 32.2. The molecule has 1 heterocycles. The Bertz CT molecular complexity index is 1120. The van der Waals surface area contributed by atoms with E-state index in [-0.39, 0.29) is 17.6 Å². The van der Waals surface area contributed by atoms with Crippen molar-refractivity contribution in [2.24, 2.45) is 0 Å². The molecule has 1 saturated carbocycles. The number of anilines is 1. The molecule has 4 rings (SSSR count). The van der Waals surface area contributed by atoms with Crippen LogP contribution in [0.3, 0.4) is 0 Å². The number of nitrogens with one attached hydrogen (secondary N) is 1. The molecule has 1 fully saturated rings. The van der Waals surface area contributed by atoms with Crippen LogP contribution < -0.4 is 5.32 Å². The van der Waals surface area contributed by atoms with Crippen LogP contribution in [-0.4, -0.2) is 39.0 Å². The van der Waals surface area contributed by atoms with Crippen LogP contribution in [0.25, 0.3) is 6.08 Å². The first-order valence-electron chi connectivity index (χ1n) is 11.0. The van der Waals surface area contributed by atoms with Gasteiger partial charge in [-0.25, -0.2) is 4.79 Å². The largest absolute Gasteiger partial charge is 0.463 e. The number of carbonyl (C=O) groups excluding carboxylic acids is 2. The second-order valence-corrected chi connectivity index (χ2v) is 8.67. The number of ether oxygens (including phenoxy) is 1. The summed E-state index contributed by atoms with van der Waals surface area (Å²) in [4.78, 5) is 23.9. The third-order valence-electron chi connectivity index (χ3n) is 5.10. The Morgan fingerprint density at radius 3 is 2.58 bits per heavy atom. The summed E-state index contributed by atoms with van der Waals surface area (Å²) in [6.07, 6.45) is 5.35. The molecule has 8 heteroatoms. The summed E-state index contributed by atoms with van der Waals surface area (Å²) in [5.74, 6) is 1.23. The zero-order valence-corrected chi connectivity index (χ0v) is 19.3. The minimum absolute atomic E-state index is 0.114. The van der Waals surface area contributed by atoms with E-state index in [1.807, 2.05) is 30.3 Å². The number of amides is 1. The Morgan fingerprint density at radius 1 is 1.12 bits per heavy atom. The highest BCUT2D eigenvalue weighted by Gasteiger charge is 2.30. The standard InChI is InChI=1S/C25H26N4O3S/c1-2-32-23(31)15-10-18-8-13-21(14-9-18)26-22(30)17-33-25-28-27-24(20-11-12-20)29(25)16-19-6-4-3-5-7-19/h3-10,13-15,20H,2,11-12,16-17H2,1H3,(H,26,30)/b15-10+. The van der Waals surface area contributed by atoms with Crippen LogP contribution in [-0.2, 0) is 20.9 Å². The van der Waals surface area contributed by atoms with Gasteiger partial charge in [-0.1, -0.05) is 54.2 Å². The molecule has 33 heavy (non-hydrogen) atoms. The number of esters is 1. The lowest BCUT2D eigenvalue weighted by Crippen LogP contribution is -2.15. The number of carbonyl (C=O) groups is 2. The summed E-state index contributed by atoms with van der Waals surface area (Å²) < 4.78 is 7.00. The van der Waals surface area contributed by atoms with E-state index < -0.39 is 0 Å². The van der Waals surface area contributed by atoms with E-state index in [0.29, 0.717) is 24.8 Å². The van der Waals surface area contributed by atoms with Gasteiger partial charge in [0.25, 0.3) is 0 Å². The Hall–Kier alpha value is -3.39. The first kappa shape index (κ1) is 22.8. The fourth-order valence-electron chi connectivity index (χ4n) is 3.32. The van der Waals surface area contributed by atoms with Crippen LogP contribution >= 0.6 is 11.8 Å². The molecule has 0 saturated heterocycles. The molecule has 0 bridgehead atoms. The molecule has 7 nitrogen and oxygen atoms in total. The van der Waals surface area contributed by atoms with Crippen molar-refractivity contribution in [2.75, 3.05) is 17.7 Å². The van der Waals surface area contributed by atoms with Gasteiger partial charge < -0.3 is 14.6 Å². The first-order chi connectivity index (χ1) is 16.1. The quantitative estimate of drug-likeness (QED) is 0.271. The van der Waals surface area contributed by atoms with Crippen molar-refractivity contribution < 1.29 is 14.3 Å². The molecular weight excluding hydrogens is 436 g/mol. The maximum Gasteiger partial charge on any atom is 0.330 e. The average Bonchev–Trinajstić information content (AvgIpc) is 3.59. The monoisotopic (exact) mass is 462 g/mol. The highest BCUT2D eigenvalue weighted by molar-refractivity contribution is 7.99. The molecule has 1 aromatic heterocycles. The second kappa shape index (κ2) is 11.0. The molecule has 0 atom stereocenters. The summed E-state index contributed by atoms with van der Waals surface area (Å²) >= 11 is 1.39. The van der Waals surface area contributed by atoms with Crippen molar-refractivity contribution in [1.29, 1.82) is 0 Å². The van der Waals surface area contributed by atoms with Gasteiger partial charge in [-0.15, -0.1) is 10.2 Å². The highest BCUT2D eigenvalue weighted by Crippen LogP contribution is 2.40. The van der Waals surface area contributed by atoms with Crippen LogP contribution in [0.2, 0.25) is 0 Å². The van der Waals surface area contributed by atoms with Crippen LogP contribution in [0.1, 0.15) is 42.6 Å². The van der Waals surface area contributed by atoms with E-state index in [9.17, 15) is 9.59 Å². The summed E-state index contributed by atoms with van der Waals surface area (Å²) in [5.41, 5.74) is 2.72. The number of hydrogen-bond donors (Lipinski definition) is 1. The molecule has 1 N–H and O–H groups in total. The average molecular weight is 463 g/mol. The third-order valence-corrected chi connectivity index (χ3v) is 6.06. The van der Waals surface area contributed by atoms with Gasteiger partial charge in [-0.05, 0) is 49.1 Å². The van der Waals surface area contributed by atoms with Gasteiger partial charge in [0, 0.05) is 17.7 Å². The predicted molar refractivity (Wildman–Crippen MR) is 129 cm³/mol. The zero-order chi connectivity index (χ0) is 23.0. The Kier molecular flexibility index (Phi) is 7.57. The summed E-state index contributed by atoms with van der Waals surface area (Å²) in [5, 5.41) is 12.4. The molecule has 0 spiro atoms. The van der Waals surface area contributed by atoms with Crippen molar-refractivity contribution in [1.82, 2.24) is 14.8 Å². The topological polar surface area (TPSA) is 86.1 Å². The number of rotatable bonds is 10. The number of thioether (sulfide) groups is 1. The van der Waals surface area contributed by atoms with Gasteiger partial charge in [-0.2, -0.15) is 0 Å².